The summed E-state index contributed by atoms with van der Waals surface area (Å²) in [5.41, 5.74) is 11.7. The Balaban J connectivity index is 1.35. The van der Waals surface area contributed by atoms with Gasteiger partial charge in [-0.15, -0.1) is 0 Å². The predicted molar refractivity (Wildman–Crippen MR) is 146 cm³/mol. The van der Waals surface area contributed by atoms with E-state index in [0.29, 0.717) is 0 Å². The van der Waals surface area contributed by atoms with Crippen molar-refractivity contribution in [2.24, 2.45) is 0 Å². The predicted octanol–water partition coefficient (Wildman–Crippen LogP) is 9.30. The van der Waals surface area contributed by atoms with Crippen LogP contribution in [0.15, 0.2) is 114 Å². The van der Waals surface area contributed by atoms with E-state index in [1.54, 1.807) is 0 Å². The van der Waals surface area contributed by atoms with Gasteiger partial charge in [0.1, 0.15) is 11.2 Å². The van der Waals surface area contributed by atoms with Gasteiger partial charge in [0.2, 0.25) is 0 Å². The second-order valence-electron chi connectivity index (χ2n) is 9.88. The number of hydrogen-bond acceptors (Lipinski definition) is 2. The van der Waals surface area contributed by atoms with E-state index in [2.05, 4.69) is 116 Å². The van der Waals surface area contributed by atoms with Crippen LogP contribution in [0.3, 0.4) is 0 Å². The molecule has 7 rings (SSSR count). The summed E-state index contributed by atoms with van der Waals surface area (Å²) in [4.78, 5) is 0. The number of fused-ring (bicyclic) bond motifs is 6. The fraction of sp³-hybridized carbons (Fsp3) is 0.0909. The molecule has 2 nitrogen and oxygen atoms in total. The van der Waals surface area contributed by atoms with E-state index >= 15 is 0 Å². The molecule has 1 heterocycles. The van der Waals surface area contributed by atoms with Gasteiger partial charge in [-0.05, 0) is 52.6 Å². The molecule has 5 aromatic carbocycles. The number of nitrogens with one attached hydrogen (secondary N) is 1. The summed E-state index contributed by atoms with van der Waals surface area (Å²) >= 11 is 0. The average Bonchev–Trinajstić information content (AvgIpc) is 3.37. The van der Waals surface area contributed by atoms with Crippen LogP contribution in [-0.4, -0.2) is 0 Å². The van der Waals surface area contributed by atoms with Gasteiger partial charge in [-0.2, -0.15) is 0 Å². The van der Waals surface area contributed by atoms with Crippen LogP contribution in [0.4, 0.5) is 11.4 Å². The van der Waals surface area contributed by atoms with Crippen molar-refractivity contribution in [3.8, 4) is 22.3 Å². The largest absolute Gasteiger partial charge is 0.456 e. The maximum atomic E-state index is 6.17. The topological polar surface area (TPSA) is 25.2 Å². The van der Waals surface area contributed by atoms with E-state index in [4.69, 9.17) is 4.42 Å². The molecule has 0 saturated carbocycles. The van der Waals surface area contributed by atoms with Crippen LogP contribution in [0.2, 0.25) is 0 Å². The van der Waals surface area contributed by atoms with Gasteiger partial charge in [-0.25, -0.2) is 0 Å². The number of furan rings is 1. The summed E-state index contributed by atoms with van der Waals surface area (Å²) in [6.07, 6.45) is 0. The highest BCUT2D eigenvalue weighted by molar-refractivity contribution is 6.06. The molecular formula is C33H25NO. The van der Waals surface area contributed by atoms with Crippen LogP contribution in [0.1, 0.15) is 25.0 Å². The van der Waals surface area contributed by atoms with Gasteiger partial charge < -0.3 is 9.73 Å². The zero-order chi connectivity index (χ0) is 23.6. The molecule has 1 aliphatic carbocycles. The normalized spacial score (nSPS) is 13.7. The minimum Gasteiger partial charge on any atom is -0.456 e. The second kappa shape index (κ2) is 7.35. The first-order valence-corrected chi connectivity index (χ1v) is 12.1. The molecule has 6 aromatic rings. The lowest BCUT2D eigenvalue weighted by molar-refractivity contribution is 0.660. The maximum Gasteiger partial charge on any atom is 0.136 e. The Morgan fingerprint density at radius 2 is 1.26 bits per heavy atom. The smallest absolute Gasteiger partial charge is 0.136 e. The van der Waals surface area contributed by atoms with Crippen LogP contribution in [-0.2, 0) is 5.41 Å². The Morgan fingerprint density at radius 3 is 2.17 bits per heavy atom. The third kappa shape index (κ3) is 2.96. The summed E-state index contributed by atoms with van der Waals surface area (Å²) in [5, 5.41) is 6.10. The lowest BCUT2D eigenvalue weighted by Crippen LogP contribution is -2.14. The molecule has 2 heteroatoms. The van der Waals surface area contributed by atoms with Gasteiger partial charge in [-0.3, -0.25) is 0 Å². The molecule has 0 unspecified atom stereocenters. The quantitative estimate of drug-likeness (QED) is 0.290. The maximum absolute atomic E-state index is 6.17. The Labute approximate surface area is 204 Å². The fourth-order valence-electron chi connectivity index (χ4n) is 5.74. The Hall–Kier alpha value is -4.30. The molecule has 0 fully saturated rings. The number of anilines is 2. The minimum atomic E-state index is -0.0184. The highest BCUT2D eigenvalue weighted by Crippen LogP contribution is 2.52. The van der Waals surface area contributed by atoms with Crippen LogP contribution >= 0.6 is 0 Å². The van der Waals surface area contributed by atoms with Gasteiger partial charge in [0.25, 0.3) is 0 Å². The van der Waals surface area contributed by atoms with E-state index in [-0.39, 0.29) is 5.41 Å². The fourth-order valence-corrected chi connectivity index (χ4v) is 5.74. The highest BCUT2D eigenvalue weighted by Gasteiger charge is 2.36. The second-order valence-corrected chi connectivity index (χ2v) is 9.88. The van der Waals surface area contributed by atoms with Crippen LogP contribution in [0.5, 0.6) is 0 Å². The molecule has 1 N–H and O–H groups in total. The minimum absolute atomic E-state index is 0.0184. The summed E-state index contributed by atoms with van der Waals surface area (Å²) < 4.78 is 6.17. The van der Waals surface area contributed by atoms with Crippen molar-refractivity contribution in [3.05, 3.63) is 120 Å². The summed E-state index contributed by atoms with van der Waals surface area (Å²) in [6, 6.07) is 38.7. The number of para-hydroxylation sites is 2. The molecule has 0 saturated heterocycles. The zero-order valence-electron chi connectivity index (χ0n) is 19.8. The number of hydrogen-bond donors (Lipinski definition) is 1. The van der Waals surface area contributed by atoms with Gasteiger partial charge in [-0.1, -0.05) is 92.7 Å². The van der Waals surface area contributed by atoms with E-state index in [1.807, 2.05) is 12.1 Å². The lowest BCUT2D eigenvalue weighted by Gasteiger charge is -2.22. The number of rotatable bonds is 3. The standard InChI is InChI=1S/C33H25NO/c1-33(2)26-13-6-3-12-25(26)32-27(33)14-9-16-29(32)34-28-15-7-4-10-22(28)21-18-19-24-23-11-5-8-17-30(23)35-31(24)20-21/h3-20,34H,1-2H3. The Bertz CT molecular complexity index is 1750. The molecule has 168 valence electrons. The molecule has 0 radical (unpaired) electrons. The van der Waals surface area contributed by atoms with Crippen molar-refractivity contribution in [2.75, 3.05) is 5.32 Å². The van der Waals surface area contributed by atoms with Crippen molar-refractivity contribution < 1.29 is 4.42 Å². The van der Waals surface area contributed by atoms with Crippen LogP contribution < -0.4 is 5.32 Å². The molecule has 0 aliphatic heterocycles. The highest BCUT2D eigenvalue weighted by atomic mass is 16.3. The molecule has 35 heavy (non-hydrogen) atoms. The van der Waals surface area contributed by atoms with E-state index in [1.165, 1.54) is 22.3 Å². The summed E-state index contributed by atoms with van der Waals surface area (Å²) in [5.74, 6) is 0. The van der Waals surface area contributed by atoms with Crippen molar-refractivity contribution in [1.82, 2.24) is 0 Å². The summed E-state index contributed by atoms with van der Waals surface area (Å²) in [6.45, 7) is 4.63. The SMILES string of the molecule is CC1(C)c2ccccc2-c2c(Nc3ccccc3-c3ccc4c(c3)oc3ccccc34)cccc21. The molecule has 0 spiro atoms. The van der Waals surface area contributed by atoms with Crippen molar-refractivity contribution in [1.29, 1.82) is 0 Å². The Morgan fingerprint density at radius 1 is 0.571 bits per heavy atom. The number of benzene rings is 5. The lowest BCUT2D eigenvalue weighted by atomic mass is 9.82. The monoisotopic (exact) mass is 451 g/mol. The average molecular weight is 452 g/mol. The van der Waals surface area contributed by atoms with E-state index in [9.17, 15) is 0 Å². The molecule has 1 aromatic heterocycles. The van der Waals surface area contributed by atoms with Crippen molar-refractivity contribution >= 4 is 33.3 Å². The third-order valence-electron chi connectivity index (χ3n) is 7.49. The van der Waals surface area contributed by atoms with Crippen molar-refractivity contribution in [2.45, 2.75) is 19.3 Å². The molecule has 1 aliphatic rings. The van der Waals surface area contributed by atoms with Crippen molar-refractivity contribution in [3.63, 3.8) is 0 Å². The molecule has 0 amide bonds. The van der Waals surface area contributed by atoms with E-state index < -0.39 is 0 Å². The first kappa shape index (κ1) is 20.1. The van der Waals surface area contributed by atoms with Crippen LogP contribution in [0.25, 0.3) is 44.2 Å². The zero-order valence-corrected chi connectivity index (χ0v) is 19.8. The van der Waals surface area contributed by atoms with Gasteiger partial charge in [0, 0.05) is 38.7 Å². The third-order valence-corrected chi connectivity index (χ3v) is 7.49. The molecule has 0 atom stereocenters. The van der Waals surface area contributed by atoms with Gasteiger partial charge in [0.05, 0.1) is 0 Å². The summed E-state index contributed by atoms with van der Waals surface area (Å²) in [7, 11) is 0. The first-order chi connectivity index (χ1) is 17.1. The van der Waals surface area contributed by atoms with E-state index in [0.717, 1.165) is 44.4 Å². The first-order valence-electron chi connectivity index (χ1n) is 12.1. The van der Waals surface area contributed by atoms with Crippen LogP contribution in [0, 0.1) is 0 Å². The van der Waals surface area contributed by atoms with Gasteiger partial charge >= 0.3 is 0 Å². The molecular weight excluding hydrogens is 426 g/mol. The molecule has 0 bridgehead atoms. The van der Waals surface area contributed by atoms with Gasteiger partial charge in [0.15, 0.2) is 0 Å². The Kier molecular flexibility index (Phi) is 4.22.